The maximum Gasteiger partial charge on any atom is 0.237 e. The van der Waals surface area contributed by atoms with Crippen molar-refractivity contribution in [3.8, 4) is 0 Å². The second-order valence-corrected chi connectivity index (χ2v) is 3.71. The fourth-order valence-electron chi connectivity index (χ4n) is 1.71. The molecule has 2 rings (SSSR count). The van der Waals surface area contributed by atoms with Gasteiger partial charge in [0.1, 0.15) is 12.0 Å². The van der Waals surface area contributed by atoms with Crippen LogP contribution in [0.3, 0.4) is 0 Å². The van der Waals surface area contributed by atoms with Crippen molar-refractivity contribution in [2.24, 2.45) is 0 Å². The molecule has 1 aliphatic heterocycles. The van der Waals surface area contributed by atoms with Gasteiger partial charge in [0.05, 0.1) is 12.6 Å². The molecule has 2 heterocycles. The van der Waals surface area contributed by atoms with E-state index in [0.29, 0.717) is 6.54 Å². The van der Waals surface area contributed by atoms with E-state index in [1.807, 2.05) is 0 Å². The van der Waals surface area contributed by atoms with Crippen LogP contribution in [0.4, 0.5) is 0 Å². The zero-order valence-electron chi connectivity index (χ0n) is 8.53. The average molecular weight is 209 g/mol. The summed E-state index contributed by atoms with van der Waals surface area (Å²) in [7, 11) is 0. The van der Waals surface area contributed by atoms with Crippen molar-refractivity contribution in [3.63, 3.8) is 0 Å². The minimum atomic E-state index is -0.0364. The van der Waals surface area contributed by atoms with Crippen LogP contribution in [-0.4, -0.2) is 23.7 Å². The number of nitrogens with one attached hydrogen (secondary N) is 2. The monoisotopic (exact) mass is 209 g/mol. The van der Waals surface area contributed by atoms with E-state index < -0.39 is 0 Å². The summed E-state index contributed by atoms with van der Waals surface area (Å²) in [6, 6.07) is 1.71. The number of nitrogens with zero attached hydrogens (tertiary/aromatic N) is 1. The Balaban J connectivity index is 1.76. The van der Waals surface area contributed by atoms with Crippen molar-refractivity contribution >= 4 is 5.91 Å². The smallest absolute Gasteiger partial charge is 0.237 e. The highest BCUT2D eigenvalue weighted by Crippen LogP contribution is 2.06. The summed E-state index contributed by atoms with van der Waals surface area (Å²) < 4.78 is 4.68. The number of aromatic nitrogens is 1. The van der Waals surface area contributed by atoms with Crippen LogP contribution >= 0.6 is 0 Å². The standard InChI is InChI=1S/C10H15N3O2/c14-10(9-3-1-2-5-11-9)12-7-8-4-6-15-13-8/h4,6,9,11H,1-3,5,7H2,(H,12,14). The molecule has 1 aromatic rings. The van der Waals surface area contributed by atoms with Gasteiger partial charge >= 0.3 is 0 Å². The van der Waals surface area contributed by atoms with E-state index in [1.165, 1.54) is 6.26 Å². The molecule has 0 radical (unpaired) electrons. The molecular weight excluding hydrogens is 194 g/mol. The van der Waals surface area contributed by atoms with E-state index in [0.717, 1.165) is 31.5 Å². The van der Waals surface area contributed by atoms with E-state index in [1.54, 1.807) is 6.07 Å². The zero-order valence-corrected chi connectivity index (χ0v) is 8.53. The lowest BCUT2D eigenvalue weighted by atomic mass is 10.0. The maximum absolute atomic E-state index is 11.7. The Morgan fingerprint density at radius 2 is 2.60 bits per heavy atom. The first kappa shape index (κ1) is 10.2. The molecule has 1 unspecified atom stereocenters. The Labute approximate surface area is 88.2 Å². The van der Waals surface area contributed by atoms with Crippen LogP contribution in [0.5, 0.6) is 0 Å². The summed E-state index contributed by atoms with van der Waals surface area (Å²) >= 11 is 0. The lowest BCUT2D eigenvalue weighted by Crippen LogP contribution is -2.46. The fourth-order valence-corrected chi connectivity index (χ4v) is 1.71. The molecule has 2 N–H and O–H groups in total. The van der Waals surface area contributed by atoms with Gasteiger partial charge < -0.3 is 15.2 Å². The van der Waals surface area contributed by atoms with E-state index in [4.69, 9.17) is 0 Å². The van der Waals surface area contributed by atoms with Crippen LogP contribution in [0.1, 0.15) is 25.0 Å². The predicted octanol–water partition coefficient (Wildman–Crippen LogP) is 0.433. The van der Waals surface area contributed by atoms with Gasteiger partial charge in [0.15, 0.2) is 0 Å². The highest BCUT2D eigenvalue weighted by molar-refractivity contribution is 5.81. The van der Waals surface area contributed by atoms with Crippen molar-refractivity contribution in [3.05, 3.63) is 18.0 Å². The largest absolute Gasteiger partial charge is 0.364 e. The van der Waals surface area contributed by atoms with Crippen molar-refractivity contribution < 1.29 is 9.32 Å². The van der Waals surface area contributed by atoms with Crippen LogP contribution < -0.4 is 10.6 Å². The van der Waals surface area contributed by atoms with E-state index in [9.17, 15) is 4.79 Å². The number of rotatable bonds is 3. The number of carbonyl (C=O) groups is 1. The van der Waals surface area contributed by atoms with Gasteiger partial charge in [-0.25, -0.2) is 0 Å². The first-order valence-electron chi connectivity index (χ1n) is 5.26. The molecule has 1 amide bonds. The van der Waals surface area contributed by atoms with Crippen molar-refractivity contribution in [2.45, 2.75) is 31.8 Å². The Morgan fingerprint density at radius 3 is 3.27 bits per heavy atom. The molecule has 0 aromatic carbocycles. The lowest BCUT2D eigenvalue weighted by Gasteiger charge is -2.22. The molecule has 5 heteroatoms. The highest BCUT2D eigenvalue weighted by Gasteiger charge is 2.19. The maximum atomic E-state index is 11.7. The van der Waals surface area contributed by atoms with Crippen LogP contribution in [0.15, 0.2) is 16.9 Å². The van der Waals surface area contributed by atoms with Crippen molar-refractivity contribution in [2.75, 3.05) is 6.54 Å². The van der Waals surface area contributed by atoms with Gasteiger partial charge in [-0.15, -0.1) is 0 Å². The molecule has 0 saturated carbocycles. The van der Waals surface area contributed by atoms with Crippen LogP contribution in [-0.2, 0) is 11.3 Å². The fraction of sp³-hybridized carbons (Fsp3) is 0.600. The summed E-state index contributed by atoms with van der Waals surface area (Å²) in [5.41, 5.74) is 0.749. The summed E-state index contributed by atoms with van der Waals surface area (Å²) in [6.07, 6.45) is 4.70. The van der Waals surface area contributed by atoms with Gasteiger partial charge in [-0.3, -0.25) is 4.79 Å². The average Bonchev–Trinajstić information content (AvgIpc) is 2.80. The zero-order chi connectivity index (χ0) is 10.5. The minimum absolute atomic E-state index is 0.0364. The van der Waals surface area contributed by atoms with Gasteiger partial charge in [0, 0.05) is 6.07 Å². The van der Waals surface area contributed by atoms with E-state index >= 15 is 0 Å². The Kier molecular flexibility index (Phi) is 3.34. The SMILES string of the molecule is O=C(NCc1ccon1)C1CCCCN1. The predicted molar refractivity (Wildman–Crippen MR) is 54.0 cm³/mol. The topological polar surface area (TPSA) is 67.2 Å². The molecule has 1 aliphatic rings. The normalized spacial score (nSPS) is 21.2. The Morgan fingerprint density at radius 1 is 1.67 bits per heavy atom. The quantitative estimate of drug-likeness (QED) is 0.757. The molecular formula is C10H15N3O2. The molecule has 1 aromatic heterocycles. The van der Waals surface area contributed by atoms with Gasteiger partial charge in [0.25, 0.3) is 0 Å². The number of carbonyl (C=O) groups excluding carboxylic acids is 1. The number of amides is 1. The molecule has 0 spiro atoms. The molecule has 0 bridgehead atoms. The van der Waals surface area contributed by atoms with Crippen LogP contribution in [0.25, 0.3) is 0 Å². The molecule has 1 saturated heterocycles. The van der Waals surface area contributed by atoms with Crippen molar-refractivity contribution in [1.82, 2.24) is 15.8 Å². The number of hydrogen-bond donors (Lipinski definition) is 2. The number of hydrogen-bond acceptors (Lipinski definition) is 4. The Bertz CT molecular complexity index is 304. The van der Waals surface area contributed by atoms with Gasteiger partial charge in [-0.05, 0) is 19.4 Å². The van der Waals surface area contributed by atoms with Crippen LogP contribution in [0.2, 0.25) is 0 Å². The minimum Gasteiger partial charge on any atom is -0.364 e. The van der Waals surface area contributed by atoms with Crippen molar-refractivity contribution in [1.29, 1.82) is 0 Å². The third-order valence-corrected chi connectivity index (χ3v) is 2.56. The third kappa shape index (κ3) is 2.79. The molecule has 15 heavy (non-hydrogen) atoms. The Hall–Kier alpha value is -1.36. The van der Waals surface area contributed by atoms with Gasteiger partial charge in [-0.1, -0.05) is 11.6 Å². The first-order valence-corrected chi connectivity index (χ1v) is 5.26. The highest BCUT2D eigenvalue weighted by atomic mass is 16.5. The first-order chi connectivity index (χ1) is 7.36. The third-order valence-electron chi connectivity index (χ3n) is 2.56. The van der Waals surface area contributed by atoms with E-state index in [2.05, 4.69) is 20.3 Å². The second kappa shape index (κ2) is 4.93. The summed E-state index contributed by atoms with van der Waals surface area (Å²) in [6.45, 7) is 1.37. The lowest BCUT2D eigenvalue weighted by molar-refractivity contribution is -0.123. The molecule has 82 valence electrons. The molecule has 1 fully saturated rings. The summed E-state index contributed by atoms with van der Waals surface area (Å²) in [5.74, 6) is 0.0534. The second-order valence-electron chi connectivity index (χ2n) is 3.71. The molecule has 1 atom stereocenters. The van der Waals surface area contributed by atoms with Gasteiger partial charge in [-0.2, -0.15) is 0 Å². The number of piperidine rings is 1. The molecule has 0 aliphatic carbocycles. The molecule has 5 nitrogen and oxygen atoms in total. The summed E-state index contributed by atoms with van der Waals surface area (Å²) in [5, 5.41) is 9.75. The van der Waals surface area contributed by atoms with Crippen LogP contribution in [0, 0.1) is 0 Å². The van der Waals surface area contributed by atoms with E-state index in [-0.39, 0.29) is 11.9 Å². The van der Waals surface area contributed by atoms with Gasteiger partial charge in [0.2, 0.25) is 5.91 Å². The summed E-state index contributed by atoms with van der Waals surface area (Å²) in [4.78, 5) is 11.7.